The fourth-order valence-electron chi connectivity index (χ4n) is 5.33. The van der Waals surface area contributed by atoms with Gasteiger partial charge in [0.1, 0.15) is 0 Å². The average molecular weight is 487 g/mol. The summed E-state index contributed by atoms with van der Waals surface area (Å²) in [4.78, 5) is 0. The summed E-state index contributed by atoms with van der Waals surface area (Å²) in [6.45, 7) is 10.9. The van der Waals surface area contributed by atoms with Gasteiger partial charge in [0, 0.05) is 18.8 Å². The van der Waals surface area contributed by atoms with Crippen molar-refractivity contribution in [2.45, 2.75) is 89.9 Å². The Morgan fingerprint density at radius 2 is 1.97 bits per heavy atom. The van der Waals surface area contributed by atoms with Crippen molar-refractivity contribution in [1.82, 2.24) is 5.01 Å². The van der Waals surface area contributed by atoms with E-state index in [1.54, 1.807) is 11.9 Å². The Labute approximate surface area is 201 Å². The van der Waals surface area contributed by atoms with E-state index in [9.17, 15) is 25.5 Å². The molecule has 10 nitrogen and oxygen atoms in total. The SMILES string of the molecule is CC(O)CN1C=C(COC(C)(C)CC(C)(C)CCOC2OC3(O)C(CO)C(O)C(O)C23)CC=N1. The van der Waals surface area contributed by atoms with Crippen molar-refractivity contribution >= 4 is 6.21 Å². The summed E-state index contributed by atoms with van der Waals surface area (Å²) in [7, 11) is 0. The molecule has 0 spiro atoms. The van der Waals surface area contributed by atoms with Crippen molar-refractivity contribution in [3.05, 3.63) is 11.8 Å². The highest BCUT2D eigenvalue weighted by Crippen LogP contribution is 2.53. The second-order valence-electron chi connectivity index (χ2n) is 11.3. The minimum atomic E-state index is -1.76. The Bertz CT molecular complexity index is 755. The summed E-state index contributed by atoms with van der Waals surface area (Å²) in [6.07, 6.45) is 2.18. The third kappa shape index (κ3) is 6.17. The smallest absolute Gasteiger partial charge is 0.186 e. The average Bonchev–Trinajstić information content (AvgIpc) is 2.84. The number of fused-ring (bicyclic) bond motifs is 1. The van der Waals surface area contributed by atoms with E-state index in [2.05, 4.69) is 32.8 Å². The highest BCUT2D eigenvalue weighted by Gasteiger charge is 2.71. The second-order valence-corrected chi connectivity index (χ2v) is 11.3. The molecule has 1 saturated carbocycles. The molecule has 2 fully saturated rings. The first-order valence-electron chi connectivity index (χ1n) is 12.1. The Morgan fingerprint density at radius 3 is 2.62 bits per heavy atom. The molecule has 1 aliphatic carbocycles. The van der Waals surface area contributed by atoms with Gasteiger partial charge in [-0.25, -0.2) is 0 Å². The topological polar surface area (TPSA) is 144 Å². The van der Waals surface area contributed by atoms with Crippen molar-refractivity contribution in [3.63, 3.8) is 0 Å². The van der Waals surface area contributed by atoms with E-state index in [-0.39, 0.29) is 11.0 Å². The van der Waals surface area contributed by atoms with Gasteiger partial charge in [0.05, 0.1) is 62.1 Å². The predicted molar refractivity (Wildman–Crippen MR) is 124 cm³/mol. The molecule has 34 heavy (non-hydrogen) atoms. The molecule has 0 aromatic heterocycles. The fourth-order valence-corrected chi connectivity index (χ4v) is 5.33. The summed E-state index contributed by atoms with van der Waals surface area (Å²) >= 11 is 0. The maximum atomic E-state index is 10.5. The summed E-state index contributed by atoms with van der Waals surface area (Å²) in [5.74, 6) is -3.50. The minimum absolute atomic E-state index is 0.119. The van der Waals surface area contributed by atoms with E-state index in [1.807, 2.05) is 12.4 Å². The molecule has 1 saturated heterocycles. The number of aliphatic hydroxyl groups excluding tert-OH is 4. The molecule has 2 heterocycles. The number of nitrogens with zero attached hydrogens (tertiary/aromatic N) is 2. The number of rotatable bonds is 12. The molecule has 0 amide bonds. The third-order valence-electron chi connectivity index (χ3n) is 6.91. The van der Waals surface area contributed by atoms with Crippen LogP contribution >= 0.6 is 0 Å². The second kappa shape index (κ2) is 10.5. The predicted octanol–water partition coefficient (Wildman–Crippen LogP) is 0.566. The first kappa shape index (κ1) is 27.5. The molecule has 196 valence electrons. The van der Waals surface area contributed by atoms with Gasteiger partial charge in [0.15, 0.2) is 12.1 Å². The summed E-state index contributed by atoms with van der Waals surface area (Å²) in [5.41, 5.74) is 0.589. The molecular formula is C24H42N2O8. The first-order chi connectivity index (χ1) is 15.8. The first-order valence-corrected chi connectivity index (χ1v) is 12.1. The van der Waals surface area contributed by atoms with Crippen LogP contribution in [0, 0.1) is 17.3 Å². The van der Waals surface area contributed by atoms with E-state index in [1.165, 1.54) is 0 Å². The molecule has 0 aromatic carbocycles. The van der Waals surface area contributed by atoms with Crippen LogP contribution in [-0.2, 0) is 14.2 Å². The molecule has 3 aliphatic rings. The summed E-state index contributed by atoms with van der Waals surface area (Å²) in [6, 6.07) is 0. The lowest BCUT2D eigenvalue weighted by Crippen LogP contribution is -2.63. The van der Waals surface area contributed by atoms with Gasteiger partial charge < -0.3 is 39.7 Å². The van der Waals surface area contributed by atoms with Crippen LogP contribution in [-0.4, -0.2) is 99.1 Å². The minimum Gasteiger partial charge on any atom is -0.396 e. The standard InChI is InChI=1S/C24H42N2O8/c1-15(28)10-26-11-16(6-8-25-26)13-33-23(4,5)14-22(2,3)7-9-32-21-18-20(30)19(29)17(12-27)24(18,31)34-21/h8,11,15,17-21,27-31H,6-7,9-10,12-14H2,1-5H3. The highest BCUT2D eigenvalue weighted by molar-refractivity contribution is 5.62. The van der Waals surface area contributed by atoms with Crippen molar-refractivity contribution in [2.24, 2.45) is 22.4 Å². The summed E-state index contributed by atoms with van der Waals surface area (Å²) in [5, 5.41) is 55.8. The van der Waals surface area contributed by atoms with Crippen LogP contribution in [0.3, 0.4) is 0 Å². The number of hydrazone groups is 1. The lowest BCUT2D eigenvalue weighted by Gasteiger charge is -2.49. The van der Waals surface area contributed by atoms with Gasteiger partial charge in [-0.15, -0.1) is 0 Å². The molecule has 7 unspecified atom stereocenters. The van der Waals surface area contributed by atoms with Crippen molar-refractivity contribution in [1.29, 1.82) is 0 Å². The van der Waals surface area contributed by atoms with Gasteiger partial charge >= 0.3 is 0 Å². The van der Waals surface area contributed by atoms with Gasteiger partial charge in [-0.1, -0.05) is 13.8 Å². The Kier molecular flexibility index (Phi) is 8.47. The van der Waals surface area contributed by atoms with E-state index >= 15 is 0 Å². The Balaban J connectivity index is 1.43. The van der Waals surface area contributed by atoms with Gasteiger partial charge in [-0.2, -0.15) is 5.10 Å². The Hall–Kier alpha value is -1.11. The third-order valence-corrected chi connectivity index (χ3v) is 6.91. The fraction of sp³-hybridized carbons (Fsp3) is 0.875. The normalized spacial score (nSPS) is 34.6. The lowest BCUT2D eigenvalue weighted by atomic mass is 9.79. The van der Waals surface area contributed by atoms with Crippen LogP contribution in [0.4, 0.5) is 0 Å². The van der Waals surface area contributed by atoms with E-state index in [0.717, 1.165) is 18.4 Å². The number of β-amino-alcohol motifs (C(OH)–C–C–N with tert-alkyl or cyclic N) is 1. The Morgan fingerprint density at radius 1 is 1.26 bits per heavy atom. The van der Waals surface area contributed by atoms with Gasteiger partial charge in [-0.05, 0) is 44.6 Å². The zero-order valence-corrected chi connectivity index (χ0v) is 20.9. The van der Waals surface area contributed by atoms with Crippen molar-refractivity contribution < 1.29 is 39.7 Å². The largest absolute Gasteiger partial charge is 0.396 e. The lowest BCUT2D eigenvalue weighted by molar-refractivity contribution is -0.439. The quantitative estimate of drug-likeness (QED) is 0.267. The molecule has 0 aromatic rings. The van der Waals surface area contributed by atoms with Gasteiger partial charge in [0.2, 0.25) is 0 Å². The van der Waals surface area contributed by atoms with E-state index in [4.69, 9.17) is 14.2 Å². The van der Waals surface area contributed by atoms with Crippen LogP contribution in [0.5, 0.6) is 0 Å². The number of ether oxygens (including phenoxy) is 3. The number of hydrogen-bond donors (Lipinski definition) is 5. The van der Waals surface area contributed by atoms with Gasteiger partial charge in [0.25, 0.3) is 0 Å². The number of hydrogen-bond acceptors (Lipinski definition) is 10. The maximum absolute atomic E-state index is 10.5. The van der Waals surface area contributed by atoms with Crippen LogP contribution in [0.2, 0.25) is 0 Å². The molecule has 2 aliphatic heterocycles. The maximum Gasteiger partial charge on any atom is 0.186 e. The van der Waals surface area contributed by atoms with Crippen LogP contribution in [0.15, 0.2) is 16.9 Å². The molecule has 7 atom stereocenters. The van der Waals surface area contributed by atoms with Crippen LogP contribution in [0.1, 0.15) is 53.9 Å². The molecule has 3 rings (SSSR count). The zero-order valence-electron chi connectivity index (χ0n) is 20.9. The molecule has 5 N–H and O–H groups in total. The van der Waals surface area contributed by atoms with Crippen LogP contribution in [0.25, 0.3) is 0 Å². The molecule has 0 radical (unpaired) electrons. The molecule has 0 bridgehead atoms. The zero-order chi connectivity index (χ0) is 25.3. The molecular weight excluding hydrogens is 444 g/mol. The van der Waals surface area contributed by atoms with Crippen molar-refractivity contribution in [3.8, 4) is 0 Å². The summed E-state index contributed by atoms with van der Waals surface area (Å²) < 4.78 is 17.5. The molecule has 10 heteroatoms. The highest BCUT2D eigenvalue weighted by atomic mass is 16.8. The van der Waals surface area contributed by atoms with Crippen LogP contribution < -0.4 is 0 Å². The van der Waals surface area contributed by atoms with Crippen molar-refractivity contribution in [2.75, 3.05) is 26.4 Å². The monoisotopic (exact) mass is 486 g/mol. The van der Waals surface area contributed by atoms with E-state index in [0.29, 0.717) is 26.2 Å². The van der Waals surface area contributed by atoms with E-state index < -0.39 is 48.8 Å². The van der Waals surface area contributed by atoms with Gasteiger partial charge in [-0.3, -0.25) is 5.01 Å². The number of aliphatic hydroxyl groups is 5.